The van der Waals surface area contributed by atoms with E-state index in [4.69, 9.17) is 4.74 Å². The third-order valence-electron chi connectivity index (χ3n) is 8.92. The van der Waals surface area contributed by atoms with Gasteiger partial charge in [0.05, 0.1) is 36.2 Å². The molecule has 3 aliphatic rings. The first-order valence-electron chi connectivity index (χ1n) is 14.6. The zero-order chi connectivity index (χ0) is 26.9. The van der Waals surface area contributed by atoms with Crippen LogP contribution in [0.5, 0.6) is 0 Å². The van der Waals surface area contributed by atoms with Crippen LogP contribution in [0.3, 0.4) is 0 Å². The molecule has 7 rings (SSSR count). The van der Waals surface area contributed by atoms with Gasteiger partial charge in [-0.2, -0.15) is 5.10 Å². The second kappa shape index (κ2) is 11.0. The molecule has 206 valence electrons. The van der Waals surface area contributed by atoms with E-state index in [9.17, 15) is 4.79 Å². The van der Waals surface area contributed by atoms with Crippen molar-refractivity contribution in [3.05, 3.63) is 78.1 Å². The molecule has 2 aromatic carbocycles. The summed E-state index contributed by atoms with van der Waals surface area (Å²) in [6.45, 7) is 5.88. The molecule has 1 amide bonds. The van der Waals surface area contributed by atoms with Crippen molar-refractivity contribution >= 4 is 22.5 Å². The van der Waals surface area contributed by atoms with E-state index in [0.717, 1.165) is 80.1 Å². The Bertz CT molecular complexity index is 1450. The van der Waals surface area contributed by atoms with Gasteiger partial charge in [-0.15, -0.1) is 0 Å². The predicted molar refractivity (Wildman–Crippen MR) is 156 cm³/mol. The fraction of sp³-hybridized carbons (Fsp3) is 0.406. The standard InChI is InChI=1S/C32H36N6O2/c39-32(34-31(22-5-1-2-6-22)29-7-3-4-14-33-29)24-10-13-28-27(19-24)30(36-35-28)23-8-11-25(12-9-23)38-20-26(21-38)37-15-17-40-18-16-37/h3-4,7-14,19,22,26,31H,1-2,5-6,15-18,20-21H2,(H,34,39)(H,35,36). The van der Waals surface area contributed by atoms with Gasteiger partial charge < -0.3 is 15.0 Å². The first kappa shape index (κ1) is 25.2. The van der Waals surface area contributed by atoms with Gasteiger partial charge in [-0.1, -0.05) is 31.0 Å². The average Bonchev–Trinajstić information content (AvgIpc) is 3.67. The normalized spacial score (nSPS) is 19.6. The number of hydrogen-bond donors (Lipinski definition) is 2. The van der Waals surface area contributed by atoms with Crippen molar-refractivity contribution in [2.75, 3.05) is 44.3 Å². The van der Waals surface area contributed by atoms with E-state index in [1.807, 2.05) is 42.6 Å². The minimum absolute atomic E-state index is 0.0699. The van der Waals surface area contributed by atoms with E-state index in [1.54, 1.807) is 0 Å². The van der Waals surface area contributed by atoms with E-state index in [0.29, 0.717) is 17.5 Å². The maximum atomic E-state index is 13.5. The predicted octanol–water partition coefficient (Wildman–Crippen LogP) is 4.81. The highest BCUT2D eigenvalue weighted by molar-refractivity contribution is 6.01. The van der Waals surface area contributed by atoms with Gasteiger partial charge in [0.1, 0.15) is 0 Å². The summed E-state index contributed by atoms with van der Waals surface area (Å²) in [6.07, 6.45) is 6.46. The van der Waals surface area contributed by atoms with Gasteiger partial charge in [-0.25, -0.2) is 0 Å². The second-order valence-corrected chi connectivity index (χ2v) is 11.3. The number of morpholine rings is 1. The van der Waals surface area contributed by atoms with Crippen LogP contribution < -0.4 is 10.2 Å². The van der Waals surface area contributed by atoms with Crippen molar-refractivity contribution in [2.24, 2.45) is 5.92 Å². The molecule has 0 spiro atoms. The van der Waals surface area contributed by atoms with Crippen molar-refractivity contribution < 1.29 is 9.53 Å². The maximum Gasteiger partial charge on any atom is 0.251 e. The molecule has 4 heterocycles. The first-order chi connectivity index (χ1) is 19.7. The lowest BCUT2D eigenvalue weighted by Gasteiger charge is -2.47. The molecular formula is C32H36N6O2. The summed E-state index contributed by atoms with van der Waals surface area (Å²) in [6, 6.07) is 20.9. The SMILES string of the molecule is O=C(NC(c1ccccn1)C1CCCC1)c1ccc2[nH]nc(-c3ccc(N4CC(N5CCOCC5)C4)cc3)c2c1. The number of carbonyl (C=O) groups excluding carboxylic acids is 1. The number of aromatic nitrogens is 3. The largest absolute Gasteiger partial charge is 0.379 e. The van der Waals surface area contributed by atoms with Crippen molar-refractivity contribution in [1.29, 1.82) is 0 Å². The van der Waals surface area contributed by atoms with Crippen LogP contribution in [0.15, 0.2) is 66.9 Å². The molecular weight excluding hydrogens is 500 g/mol. The number of benzene rings is 2. The van der Waals surface area contributed by atoms with E-state index >= 15 is 0 Å². The number of anilines is 1. The molecule has 2 aliphatic heterocycles. The summed E-state index contributed by atoms with van der Waals surface area (Å²) in [5.41, 5.74) is 5.63. The Morgan fingerprint density at radius 3 is 2.55 bits per heavy atom. The van der Waals surface area contributed by atoms with Gasteiger partial charge in [0.15, 0.2) is 0 Å². The number of nitrogens with one attached hydrogen (secondary N) is 2. The molecule has 1 unspecified atom stereocenters. The molecule has 8 nitrogen and oxygen atoms in total. The van der Waals surface area contributed by atoms with Gasteiger partial charge in [0.2, 0.25) is 0 Å². The molecule has 1 saturated carbocycles. The molecule has 2 saturated heterocycles. The highest BCUT2D eigenvalue weighted by Gasteiger charge is 2.33. The monoisotopic (exact) mass is 536 g/mol. The van der Waals surface area contributed by atoms with Gasteiger partial charge in [-0.05, 0) is 61.2 Å². The molecule has 2 aromatic heterocycles. The van der Waals surface area contributed by atoms with Crippen molar-refractivity contribution in [1.82, 2.24) is 25.4 Å². The maximum absolute atomic E-state index is 13.5. The molecule has 1 aliphatic carbocycles. The second-order valence-electron chi connectivity index (χ2n) is 11.3. The zero-order valence-corrected chi connectivity index (χ0v) is 22.8. The summed E-state index contributed by atoms with van der Waals surface area (Å²) in [5, 5.41) is 12.0. The molecule has 0 bridgehead atoms. The Morgan fingerprint density at radius 1 is 1.00 bits per heavy atom. The topological polar surface area (TPSA) is 86.4 Å². The summed E-state index contributed by atoms with van der Waals surface area (Å²) in [4.78, 5) is 23.1. The summed E-state index contributed by atoms with van der Waals surface area (Å²) < 4.78 is 5.50. The highest BCUT2D eigenvalue weighted by Crippen LogP contribution is 2.36. The number of ether oxygens (including phenoxy) is 1. The van der Waals surface area contributed by atoms with Gasteiger partial charge in [-0.3, -0.25) is 19.8 Å². The Labute approximate surface area is 234 Å². The number of H-pyrrole nitrogens is 1. The van der Waals surface area contributed by atoms with Crippen LogP contribution in [-0.2, 0) is 4.74 Å². The van der Waals surface area contributed by atoms with Crippen LogP contribution in [0.2, 0.25) is 0 Å². The van der Waals surface area contributed by atoms with Crippen LogP contribution in [-0.4, -0.2) is 71.4 Å². The Kier molecular flexibility index (Phi) is 6.95. The minimum atomic E-state index is -0.0763. The molecule has 4 aromatic rings. The summed E-state index contributed by atoms with van der Waals surface area (Å²) in [7, 11) is 0. The van der Waals surface area contributed by atoms with E-state index < -0.39 is 0 Å². The number of rotatable bonds is 7. The van der Waals surface area contributed by atoms with Crippen molar-refractivity contribution in [3.63, 3.8) is 0 Å². The molecule has 8 heteroatoms. The molecule has 1 atom stereocenters. The smallest absolute Gasteiger partial charge is 0.251 e. The Balaban J connectivity index is 1.07. The summed E-state index contributed by atoms with van der Waals surface area (Å²) >= 11 is 0. The van der Waals surface area contributed by atoms with E-state index in [1.165, 1.54) is 18.5 Å². The lowest BCUT2D eigenvalue weighted by molar-refractivity contribution is 0.0105. The first-order valence-corrected chi connectivity index (χ1v) is 14.6. The number of pyridine rings is 1. The van der Waals surface area contributed by atoms with Gasteiger partial charge in [0.25, 0.3) is 5.91 Å². The molecule has 2 N–H and O–H groups in total. The van der Waals surface area contributed by atoms with Crippen LogP contribution in [0.1, 0.15) is 47.8 Å². The van der Waals surface area contributed by atoms with Crippen LogP contribution in [0.4, 0.5) is 5.69 Å². The van der Waals surface area contributed by atoms with E-state index in [2.05, 4.69) is 54.6 Å². The Morgan fingerprint density at radius 2 is 1.80 bits per heavy atom. The van der Waals surface area contributed by atoms with Crippen molar-refractivity contribution in [3.8, 4) is 11.3 Å². The minimum Gasteiger partial charge on any atom is -0.379 e. The average molecular weight is 537 g/mol. The zero-order valence-electron chi connectivity index (χ0n) is 22.8. The third-order valence-corrected chi connectivity index (χ3v) is 8.92. The lowest BCUT2D eigenvalue weighted by Crippen LogP contribution is -2.61. The van der Waals surface area contributed by atoms with Crippen LogP contribution in [0.25, 0.3) is 22.2 Å². The number of carbonyl (C=O) groups is 1. The third kappa shape index (κ3) is 4.97. The van der Waals surface area contributed by atoms with E-state index in [-0.39, 0.29) is 11.9 Å². The highest BCUT2D eigenvalue weighted by atomic mass is 16.5. The fourth-order valence-electron chi connectivity index (χ4n) is 6.55. The fourth-order valence-corrected chi connectivity index (χ4v) is 6.55. The lowest BCUT2D eigenvalue weighted by atomic mass is 9.94. The number of amides is 1. The number of fused-ring (bicyclic) bond motifs is 1. The van der Waals surface area contributed by atoms with Gasteiger partial charge in [0, 0.05) is 60.6 Å². The quantitative estimate of drug-likeness (QED) is 0.353. The number of hydrogen-bond acceptors (Lipinski definition) is 6. The van der Waals surface area contributed by atoms with Crippen molar-refractivity contribution in [2.45, 2.75) is 37.8 Å². The molecule has 3 fully saturated rings. The van der Waals surface area contributed by atoms with Gasteiger partial charge >= 0.3 is 0 Å². The van der Waals surface area contributed by atoms with Crippen LogP contribution >= 0.6 is 0 Å². The molecule has 40 heavy (non-hydrogen) atoms. The molecule has 0 radical (unpaired) electrons. The summed E-state index contributed by atoms with van der Waals surface area (Å²) in [5.74, 6) is 0.348. The number of aromatic amines is 1. The van der Waals surface area contributed by atoms with Crippen LogP contribution in [0, 0.1) is 5.92 Å². The number of nitrogens with zero attached hydrogens (tertiary/aromatic N) is 4. The Hall–Kier alpha value is -3.75.